The maximum Gasteiger partial charge on any atom is 0.269 e. The summed E-state index contributed by atoms with van der Waals surface area (Å²) in [6.07, 6.45) is -0.283. The Morgan fingerprint density at radius 1 is 1.41 bits per heavy atom. The van der Waals surface area contributed by atoms with Gasteiger partial charge in [0.05, 0.1) is 18.1 Å². The summed E-state index contributed by atoms with van der Waals surface area (Å²) < 4.78 is 5.60. The summed E-state index contributed by atoms with van der Waals surface area (Å²) in [4.78, 5) is 15.6. The number of ether oxygens (including phenoxy) is 1. The molecule has 1 unspecified atom stereocenters. The van der Waals surface area contributed by atoms with Crippen LogP contribution in [0, 0.1) is 10.1 Å². The first-order valence-electron chi connectivity index (χ1n) is 5.48. The van der Waals surface area contributed by atoms with Crippen LogP contribution in [0.1, 0.15) is 18.7 Å². The van der Waals surface area contributed by atoms with Crippen LogP contribution in [0.25, 0.3) is 0 Å². The zero-order valence-electron chi connectivity index (χ0n) is 9.54. The van der Waals surface area contributed by atoms with Gasteiger partial charge in [0.2, 0.25) is 0 Å². The minimum atomic E-state index is -0.417. The van der Waals surface area contributed by atoms with Crippen molar-refractivity contribution in [3.05, 3.63) is 39.9 Å². The van der Waals surface area contributed by atoms with Crippen LogP contribution in [0.3, 0.4) is 0 Å². The highest BCUT2D eigenvalue weighted by molar-refractivity contribution is 5.33. The molecular weight excluding hydrogens is 224 g/mol. The zero-order valence-corrected chi connectivity index (χ0v) is 9.54. The molecule has 0 spiro atoms. The highest BCUT2D eigenvalue weighted by atomic mass is 16.7. The van der Waals surface area contributed by atoms with E-state index in [0.29, 0.717) is 19.8 Å². The molecule has 1 aromatic carbocycles. The number of nitrogens with zero attached hydrogens (tertiary/aromatic N) is 2. The topological polar surface area (TPSA) is 64.8 Å². The zero-order chi connectivity index (χ0) is 12.3. The van der Waals surface area contributed by atoms with Crippen molar-refractivity contribution in [2.24, 2.45) is 0 Å². The number of non-ortho nitro benzene ring substituents is 1. The fraction of sp³-hybridized carbons (Fsp3) is 0.455. The molecule has 1 saturated heterocycles. The normalized spacial score (nSPS) is 21.4. The molecule has 6 heteroatoms. The fourth-order valence-electron chi connectivity index (χ4n) is 1.75. The summed E-state index contributed by atoms with van der Waals surface area (Å²) in [5, 5.41) is 12.3. The Hall–Kier alpha value is -1.50. The van der Waals surface area contributed by atoms with E-state index in [2.05, 4.69) is 0 Å². The van der Waals surface area contributed by atoms with E-state index >= 15 is 0 Å². The van der Waals surface area contributed by atoms with Crippen molar-refractivity contribution in [2.45, 2.75) is 13.2 Å². The lowest BCUT2D eigenvalue weighted by Crippen LogP contribution is -2.37. The van der Waals surface area contributed by atoms with Gasteiger partial charge in [-0.2, -0.15) is 5.06 Å². The molecule has 0 N–H and O–H groups in total. The molecule has 0 bridgehead atoms. The van der Waals surface area contributed by atoms with Gasteiger partial charge in [-0.25, -0.2) is 0 Å². The van der Waals surface area contributed by atoms with Crippen LogP contribution in [0.15, 0.2) is 24.3 Å². The van der Waals surface area contributed by atoms with E-state index in [-0.39, 0.29) is 11.9 Å². The average Bonchev–Trinajstić information content (AvgIpc) is 2.39. The number of hydroxylamine groups is 2. The predicted octanol–water partition coefficient (Wildman–Crippen LogP) is 1.88. The van der Waals surface area contributed by atoms with Gasteiger partial charge in [0.25, 0.3) is 5.69 Å². The van der Waals surface area contributed by atoms with Gasteiger partial charge >= 0.3 is 0 Å². The van der Waals surface area contributed by atoms with Gasteiger partial charge in [-0.15, -0.1) is 0 Å². The molecule has 1 heterocycles. The molecule has 0 aromatic heterocycles. The molecule has 1 aliphatic heterocycles. The molecule has 1 fully saturated rings. The van der Waals surface area contributed by atoms with Crippen LogP contribution in [0.2, 0.25) is 0 Å². The van der Waals surface area contributed by atoms with Gasteiger partial charge in [0.1, 0.15) is 0 Å². The van der Waals surface area contributed by atoms with Crippen LogP contribution in [-0.2, 0) is 9.57 Å². The standard InChI is InChI=1S/C11H14N2O4/c1-2-12-11(16-7-8-17-12)9-3-5-10(6-4-9)13(14)15/h3-6,11H,2,7-8H2,1H3. The van der Waals surface area contributed by atoms with Crippen molar-refractivity contribution in [3.63, 3.8) is 0 Å². The van der Waals surface area contributed by atoms with Crippen molar-refractivity contribution < 1.29 is 14.5 Å². The number of rotatable bonds is 3. The largest absolute Gasteiger partial charge is 0.354 e. The monoisotopic (exact) mass is 238 g/mol. The van der Waals surface area contributed by atoms with Crippen molar-refractivity contribution in [1.82, 2.24) is 5.06 Å². The summed E-state index contributed by atoms with van der Waals surface area (Å²) in [7, 11) is 0. The molecule has 0 saturated carbocycles. The lowest BCUT2D eigenvalue weighted by Gasteiger charge is -2.33. The van der Waals surface area contributed by atoms with Gasteiger partial charge in [-0.3, -0.25) is 15.0 Å². The second-order valence-electron chi connectivity index (χ2n) is 3.64. The molecule has 92 valence electrons. The molecule has 2 rings (SSSR count). The van der Waals surface area contributed by atoms with Crippen molar-refractivity contribution in [3.8, 4) is 0 Å². The van der Waals surface area contributed by atoms with E-state index in [0.717, 1.165) is 5.56 Å². The SMILES string of the molecule is CCN1OCCOC1c1ccc([N+](=O)[O-])cc1. The molecule has 6 nitrogen and oxygen atoms in total. The molecular formula is C11H14N2O4. The third-order valence-electron chi connectivity index (χ3n) is 2.58. The molecule has 17 heavy (non-hydrogen) atoms. The Morgan fingerprint density at radius 2 is 2.12 bits per heavy atom. The minimum Gasteiger partial charge on any atom is -0.354 e. The lowest BCUT2D eigenvalue weighted by molar-refractivity contribution is -0.384. The molecule has 1 atom stereocenters. The van der Waals surface area contributed by atoms with Gasteiger partial charge in [-0.05, 0) is 24.6 Å². The van der Waals surface area contributed by atoms with Crippen LogP contribution >= 0.6 is 0 Å². The maximum absolute atomic E-state index is 10.5. The quantitative estimate of drug-likeness (QED) is 0.594. The second-order valence-corrected chi connectivity index (χ2v) is 3.64. The van der Waals surface area contributed by atoms with Crippen LogP contribution in [0.4, 0.5) is 5.69 Å². The van der Waals surface area contributed by atoms with Crippen LogP contribution in [0.5, 0.6) is 0 Å². The molecule has 1 aromatic rings. The Morgan fingerprint density at radius 3 is 2.71 bits per heavy atom. The minimum absolute atomic E-state index is 0.0773. The smallest absolute Gasteiger partial charge is 0.269 e. The summed E-state index contributed by atoms with van der Waals surface area (Å²) in [6, 6.07) is 6.34. The number of hydrogen-bond acceptors (Lipinski definition) is 5. The molecule has 1 aliphatic rings. The van der Waals surface area contributed by atoms with E-state index < -0.39 is 4.92 Å². The van der Waals surface area contributed by atoms with Crippen molar-refractivity contribution in [2.75, 3.05) is 19.8 Å². The second kappa shape index (κ2) is 5.22. The number of nitro benzene ring substituents is 1. The van der Waals surface area contributed by atoms with E-state index in [1.165, 1.54) is 12.1 Å². The van der Waals surface area contributed by atoms with Gasteiger partial charge in [-0.1, -0.05) is 0 Å². The Kier molecular flexibility index (Phi) is 3.68. The van der Waals surface area contributed by atoms with Crippen LogP contribution in [-0.4, -0.2) is 29.7 Å². The third-order valence-corrected chi connectivity index (χ3v) is 2.58. The Balaban J connectivity index is 2.17. The van der Waals surface area contributed by atoms with Crippen molar-refractivity contribution in [1.29, 1.82) is 0 Å². The summed E-state index contributed by atoms with van der Waals surface area (Å²) in [5.41, 5.74) is 0.936. The number of benzene rings is 1. The van der Waals surface area contributed by atoms with Gasteiger partial charge in [0, 0.05) is 18.7 Å². The lowest BCUT2D eigenvalue weighted by atomic mass is 10.1. The summed E-state index contributed by atoms with van der Waals surface area (Å²) in [6.45, 7) is 3.73. The summed E-state index contributed by atoms with van der Waals surface area (Å²) in [5.74, 6) is 0. The number of nitro groups is 1. The van der Waals surface area contributed by atoms with E-state index in [1.54, 1.807) is 17.2 Å². The maximum atomic E-state index is 10.5. The predicted molar refractivity (Wildman–Crippen MR) is 60.1 cm³/mol. The van der Waals surface area contributed by atoms with E-state index in [4.69, 9.17) is 9.57 Å². The first-order chi connectivity index (χ1) is 8.22. The highest BCUT2D eigenvalue weighted by Gasteiger charge is 2.24. The molecule has 0 amide bonds. The third kappa shape index (κ3) is 2.60. The first kappa shape index (κ1) is 12.0. The van der Waals surface area contributed by atoms with Gasteiger partial charge < -0.3 is 4.74 Å². The van der Waals surface area contributed by atoms with Crippen LogP contribution < -0.4 is 0 Å². The number of hydrogen-bond donors (Lipinski definition) is 0. The van der Waals surface area contributed by atoms with Crippen molar-refractivity contribution >= 4 is 5.69 Å². The van der Waals surface area contributed by atoms with E-state index in [1.807, 2.05) is 6.92 Å². The Labute approximate surface area is 98.8 Å². The first-order valence-corrected chi connectivity index (χ1v) is 5.48. The van der Waals surface area contributed by atoms with E-state index in [9.17, 15) is 10.1 Å². The Bertz CT molecular complexity index is 393. The fourth-order valence-corrected chi connectivity index (χ4v) is 1.75. The van der Waals surface area contributed by atoms with Gasteiger partial charge in [0.15, 0.2) is 6.23 Å². The average molecular weight is 238 g/mol. The molecule has 0 aliphatic carbocycles. The highest BCUT2D eigenvalue weighted by Crippen LogP contribution is 2.26. The summed E-state index contributed by atoms with van der Waals surface area (Å²) >= 11 is 0. The molecule has 0 radical (unpaired) electrons.